The molecule has 126 valence electrons. The Hall–Kier alpha value is -0.750. The first-order chi connectivity index (χ1) is 10.7. The van der Waals surface area contributed by atoms with Crippen molar-refractivity contribution in [2.24, 2.45) is 0 Å². The molecular weight excluding hydrogens is 300 g/mol. The van der Waals surface area contributed by atoms with Crippen LogP contribution >= 0.6 is 11.8 Å². The Kier molecular flexibility index (Phi) is 7.02. The number of ether oxygens (including phenoxy) is 1. The van der Waals surface area contributed by atoms with Gasteiger partial charge < -0.3 is 14.5 Å². The van der Waals surface area contributed by atoms with Gasteiger partial charge in [0, 0.05) is 31.9 Å². The SMILES string of the molecule is CCN(CC)C(=O)C1CSCN1C(=O)CCC1CCCCO1. The van der Waals surface area contributed by atoms with Crippen molar-refractivity contribution in [2.45, 2.75) is 58.1 Å². The summed E-state index contributed by atoms with van der Waals surface area (Å²) in [7, 11) is 0. The summed E-state index contributed by atoms with van der Waals surface area (Å²) in [6.45, 7) is 6.19. The summed E-state index contributed by atoms with van der Waals surface area (Å²) in [5.41, 5.74) is 0. The minimum absolute atomic E-state index is 0.0947. The predicted molar refractivity (Wildman–Crippen MR) is 88.7 cm³/mol. The number of hydrogen-bond donors (Lipinski definition) is 0. The fraction of sp³-hybridized carbons (Fsp3) is 0.875. The molecule has 0 spiro atoms. The van der Waals surface area contributed by atoms with Gasteiger partial charge in [0.05, 0.1) is 12.0 Å². The molecule has 0 radical (unpaired) electrons. The summed E-state index contributed by atoms with van der Waals surface area (Å²) in [4.78, 5) is 28.6. The lowest BCUT2D eigenvalue weighted by Crippen LogP contribution is -2.49. The quantitative estimate of drug-likeness (QED) is 0.749. The molecule has 0 bridgehead atoms. The molecule has 2 aliphatic heterocycles. The van der Waals surface area contributed by atoms with Crippen molar-refractivity contribution in [3.63, 3.8) is 0 Å². The topological polar surface area (TPSA) is 49.9 Å². The van der Waals surface area contributed by atoms with Crippen LogP contribution in [0.25, 0.3) is 0 Å². The fourth-order valence-corrected chi connectivity index (χ4v) is 4.27. The van der Waals surface area contributed by atoms with E-state index < -0.39 is 0 Å². The van der Waals surface area contributed by atoms with Crippen LogP contribution in [-0.2, 0) is 14.3 Å². The summed E-state index contributed by atoms with van der Waals surface area (Å²) >= 11 is 1.67. The van der Waals surface area contributed by atoms with Crippen LogP contribution in [0.5, 0.6) is 0 Å². The standard InChI is InChI=1S/C16H28N2O3S/c1-3-17(4-2)16(20)14-11-22-12-18(14)15(19)9-8-13-7-5-6-10-21-13/h13-14H,3-12H2,1-2H3. The second kappa shape index (κ2) is 8.77. The molecule has 2 atom stereocenters. The van der Waals surface area contributed by atoms with Gasteiger partial charge in [0.2, 0.25) is 11.8 Å². The number of carbonyl (C=O) groups is 2. The van der Waals surface area contributed by atoms with Gasteiger partial charge in [-0.15, -0.1) is 11.8 Å². The van der Waals surface area contributed by atoms with Crippen molar-refractivity contribution >= 4 is 23.6 Å². The van der Waals surface area contributed by atoms with E-state index in [9.17, 15) is 9.59 Å². The molecule has 2 amide bonds. The van der Waals surface area contributed by atoms with Crippen LogP contribution < -0.4 is 0 Å². The number of amides is 2. The number of thioether (sulfide) groups is 1. The molecule has 0 N–H and O–H groups in total. The van der Waals surface area contributed by atoms with Gasteiger partial charge in [0.15, 0.2) is 0 Å². The normalized spacial score (nSPS) is 25.3. The zero-order valence-electron chi connectivity index (χ0n) is 13.8. The Bertz CT molecular complexity index is 382. The molecule has 22 heavy (non-hydrogen) atoms. The lowest BCUT2D eigenvalue weighted by Gasteiger charge is -2.29. The highest BCUT2D eigenvalue weighted by Gasteiger charge is 2.36. The van der Waals surface area contributed by atoms with E-state index in [0.717, 1.165) is 31.6 Å². The second-order valence-corrected chi connectivity index (χ2v) is 6.92. The van der Waals surface area contributed by atoms with Crippen molar-refractivity contribution in [3.8, 4) is 0 Å². The van der Waals surface area contributed by atoms with Crippen molar-refractivity contribution in [1.82, 2.24) is 9.80 Å². The van der Waals surface area contributed by atoms with Gasteiger partial charge in [-0.05, 0) is 39.5 Å². The first-order valence-electron chi connectivity index (χ1n) is 8.45. The maximum absolute atomic E-state index is 12.5. The zero-order valence-corrected chi connectivity index (χ0v) is 14.6. The van der Waals surface area contributed by atoms with E-state index in [1.165, 1.54) is 6.42 Å². The molecule has 2 rings (SSSR count). The maximum Gasteiger partial charge on any atom is 0.246 e. The molecule has 2 saturated heterocycles. The fourth-order valence-electron chi connectivity index (χ4n) is 3.10. The summed E-state index contributed by atoms with van der Waals surface area (Å²) in [6.07, 6.45) is 4.89. The van der Waals surface area contributed by atoms with Gasteiger partial charge in [-0.2, -0.15) is 0 Å². The van der Waals surface area contributed by atoms with E-state index in [1.54, 1.807) is 16.7 Å². The minimum Gasteiger partial charge on any atom is -0.378 e. The summed E-state index contributed by atoms with van der Waals surface area (Å²) in [6, 6.07) is -0.273. The lowest BCUT2D eigenvalue weighted by atomic mass is 10.0. The molecule has 5 nitrogen and oxygen atoms in total. The number of rotatable bonds is 6. The molecule has 2 fully saturated rings. The van der Waals surface area contributed by atoms with Crippen molar-refractivity contribution in [3.05, 3.63) is 0 Å². The van der Waals surface area contributed by atoms with Crippen LogP contribution in [0.1, 0.15) is 46.0 Å². The smallest absolute Gasteiger partial charge is 0.246 e. The second-order valence-electron chi connectivity index (χ2n) is 5.92. The van der Waals surface area contributed by atoms with Gasteiger partial charge in [0.25, 0.3) is 0 Å². The highest BCUT2D eigenvalue weighted by molar-refractivity contribution is 7.99. The third-order valence-electron chi connectivity index (χ3n) is 4.52. The monoisotopic (exact) mass is 328 g/mol. The van der Waals surface area contributed by atoms with E-state index >= 15 is 0 Å². The Morgan fingerprint density at radius 1 is 1.27 bits per heavy atom. The van der Waals surface area contributed by atoms with Crippen LogP contribution in [0.15, 0.2) is 0 Å². The van der Waals surface area contributed by atoms with E-state index in [4.69, 9.17) is 4.74 Å². The van der Waals surface area contributed by atoms with Gasteiger partial charge >= 0.3 is 0 Å². The number of nitrogens with zero attached hydrogens (tertiary/aromatic N) is 2. The molecule has 0 aliphatic carbocycles. The van der Waals surface area contributed by atoms with E-state index in [-0.39, 0.29) is 24.0 Å². The summed E-state index contributed by atoms with van der Waals surface area (Å²) in [5.74, 6) is 1.56. The highest BCUT2D eigenvalue weighted by atomic mass is 32.2. The molecule has 0 saturated carbocycles. The first kappa shape index (κ1) is 17.6. The third-order valence-corrected chi connectivity index (χ3v) is 5.53. The average molecular weight is 328 g/mol. The van der Waals surface area contributed by atoms with E-state index in [0.29, 0.717) is 25.4 Å². The lowest BCUT2D eigenvalue weighted by molar-refractivity contribution is -0.143. The van der Waals surface area contributed by atoms with Gasteiger partial charge in [-0.3, -0.25) is 9.59 Å². The largest absolute Gasteiger partial charge is 0.378 e. The average Bonchev–Trinajstić information content (AvgIpc) is 3.04. The van der Waals surface area contributed by atoms with Crippen LogP contribution in [0.2, 0.25) is 0 Å². The minimum atomic E-state index is -0.273. The van der Waals surface area contributed by atoms with Crippen LogP contribution in [-0.4, -0.2) is 65.1 Å². The first-order valence-corrected chi connectivity index (χ1v) is 9.60. The number of carbonyl (C=O) groups excluding carboxylic acids is 2. The van der Waals surface area contributed by atoms with E-state index in [1.807, 2.05) is 18.7 Å². The molecule has 2 unspecified atom stereocenters. The molecule has 2 aliphatic rings. The molecule has 0 aromatic rings. The summed E-state index contributed by atoms with van der Waals surface area (Å²) in [5, 5.41) is 0. The van der Waals surface area contributed by atoms with Crippen LogP contribution in [0.3, 0.4) is 0 Å². The van der Waals surface area contributed by atoms with Crippen molar-refractivity contribution in [1.29, 1.82) is 0 Å². The third kappa shape index (κ3) is 4.38. The Morgan fingerprint density at radius 3 is 2.68 bits per heavy atom. The summed E-state index contributed by atoms with van der Waals surface area (Å²) < 4.78 is 5.69. The number of hydrogen-bond acceptors (Lipinski definition) is 4. The van der Waals surface area contributed by atoms with E-state index in [2.05, 4.69) is 0 Å². The maximum atomic E-state index is 12.5. The molecule has 0 aromatic carbocycles. The van der Waals surface area contributed by atoms with Gasteiger partial charge in [-0.1, -0.05) is 0 Å². The van der Waals surface area contributed by atoms with Crippen molar-refractivity contribution < 1.29 is 14.3 Å². The van der Waals surface area contributed by atoms with Crippen molar-refractivity contribution in [2.75, 3.05) is 31.3 Å². The molecule has 6 heteroatoms. The molecule has 0 aromatic heterocycles. The Morgan fingerprint density at radius 2 is 2.05 bits per heavy atom. The van der Waals surface area contributed by atoms with Gasteiger partial charge in [0.1, 0.15) is 6.04 Å². The Balaban J connectivity index is 1.86. The van der Waals surface area contributed by atoms with Crippen LogP contribution in [0.4, 0.5) is 0 Å². The number of likely N-dealkylation sites (N-methyl/N-ethyl adjacent to an activating group) is 1. The Labute approximate surface area is 137 Å². The van der Waals surface area contributed by atoms with Crippen LogP contribution in [0, 0.1) is 0 Å². The van der Waals surface area contributed by atoms with Gasteiger partial charge in [-0.25, -0.2) is 0 Å². The molecular formula is C16H28N2O3S. The molecule has 2 heterocycles. The highest BCUT2D eigenvalue weighted by Crippen LogP contribution is 2.25. The zero-order chi connectivity index (χ0) is 15.9. The predicted octanol–water partition coefficient (Wildman–Crippen LogP) is 2.11.